The number of hydrogen-bond donors (Lipinski definition) is 3. The third-order valence-electron chi connectivity index (χ3n) is 4.94. The number of fused-ring (bicyclic) bond motifs is 2. The summed E-state index contributed by atoms with van der Waals surface area (Å²) in [6.45, 7) is 1.67. The zero-order valence-electron chi connectivity index (χ0n) is 16.1. The van der Waals surface area contributed by atoms with Crippen molar-refractivity contribution in [3.63, 3.8) is 0 Å². The van der Waals surface area contributed by atoms with Gasteiger partial charge in [-0.25, -0.2) is 13.4 Å². The number of benzene rings is 2. The lowest BCUT2D eigenvalue weighted by atomic mass is 10.1. The molecule has 3 N–H and O–H groups in total. The molecule has 158 valence electrons. The Bertz CT molecular complexity index is 1350. The number of hydrogen-bond acceptors (Lipinski definition) is 7. The Morgan fingerprint density at radius 1 is 1.13 bits per heavy atom. The molecule has 2 aromatic carbocycles. The van der Waals surface area contributed by atoms with Gasteiger partial charge in [0, 0.05) is 16.6 Å². The van der Waals surface area contributed by atoms with Gasteiger partial charge in [0.05, 0.1) is 22.7 Å². The van der Waals surface area contributed by atoms with Gasteiger partial charge in [0.15, 0.2) is 11.2 Å². The topological polar surface area (TPSA) is 126 Å². The van der Waals surface area contributed by atoms with Gasteiger partial charge in [-0.15, -0.1) is 11.3 Å². The largest absolute Gasteiger partial charge is 0.479 e. The lowest BCUT2D eigenvalue weighted by Gasteiger charge is -2.23. The molecule has 1 aromatic heterocycles. The highest BCUT2D eigenvalue weighted by atomic mass is 32.2. The van der Waals surface area contributed by atoms with E-state index in [2.05, 4.69) is 20.3 Å². The first-order valence-electron chi connectivity index (χ1n) is 9.31. The van der Waals surface area contributed by atoms with Gasteiger partial charge in [0.1, 0.15) is 5.75 Å². The van der Waals surface area contributed by atoms with Crippen LogP contribution in [0.15, 0.2) is 46.7 Å². The van der Waals surface area contributed by atoms with Crippen LogP contribution in [0.4, 0.5) is 16.5 Å². The lowest BCUT2D eigenvalue weighted by Crippen LogP contribution is -2.34. The van der Waals surface area contributed by atoms with Crippen LogP contribution in [0, 0.1) is 0 Å². The number of amides is 2. The van der Waals surface area contributed by atoms with E-state index in [1.54, 1.807) is 36.6 Å². The van der Waals surface area contributed by atoms with Crippen molar-refractivity contribution >= 4 is 49.7 Å². The Labute approximate surface area is 181 Å². The van der Waals surface area contributed by atoms with Gasteiger partial charge < -0.3 is 15.4 Å². The Morgan fingerprint density at radius 3 is 2.81 bits per heavy atom. The van der Waals surface area contributed by atoms with Crippen LogP contribution < -0.4 is 20.1 Å². The van der Waals surface area contributed by atoms with Crippen molar-refractivity contribution in [3.8, 4) is 17.0 Å². The molecule has 0 spiro atoms. The maximum Gasteiger partial charge on any atom is 0.265 e. The van der Waals surface area contributed by atoms with Gasteiger partial charge in [-0.3, -0.25) is 14.3 Å². The van der Waals surface area contributed by atoms with E-state index in [9.17, 15) is 18.0 Å². The molecule has 0 radical (unpaired) electrons. The fourth-order valence-electron chi connectivity index (χ4n) is 3.37. The number of anilines is 3. The van der Waals surface area contributed by atoms with Crippen LogP contribution >= 0.6 is 11.3 Å². The van der Waals surface area contributed by atoms with Crippen molar-refractivity contribution in [3.05, 3.63) is 47.3 Å². The molecular formula is C20H16N4O5S2. The van der Waals surface area contributed by atoms with E-state index in [-0.39, 0.29) is 28.3 Å². The van der Waals surface area contributed by atoms with Crippen molar-refractivity contribution in [2.75, 3.05) is 15.4 Å². The summed E-state index contributed by atoms with van der Waals surface area (Å²) < 4.78 is 33.6. The second-order valence-electron chi connectivity index (χ2n) is 7.15. The van der Waals surface area contributed by atoms with Crippen LogP contribution in [-0.2, 0) is 26.0 Å². The second-order valence-corrected chi connectivity index (χ2v) is 9.69. The molecular weight excluding hydrogens is 440 g/mol. The average molecular weight is 457 g/mol. The summed E-state index contributed by atoms with van der Waals surface area (Å²) in [6.07, 6.45) is -0.413. The standard InChI is InChI=1S/C20H16N4O5S2/c1-10-19(26)22-15-7-11(2-5-17(15)29-10)16-9-30-20(23-16)24-31(27,28)13-3-4-14-12(6-13)8-18(25)21-14/h2-7,9-10H,8H2,1H3,(H,21,25)(H,22,26)(H,23,24). The number of aromatic nitrogens is 1. The average Bonchev–Trinajstić information content (AvgIpc) is 3.33. The number of thiazole rings is 1. The number of nitrogens with zero attached hydrogens (tertiary/aromatic N) is 1. The first kappa shape index (κ1) is 19.5. The monoisotopic (exact) mass is 456 g/mol. The van der Waals surface area contributed by atoms with E-state index in [0.29, 0.717) is 33.9 Å². The Balaban J connectivity index is 1.38. The summed E-state index contributed by atoms with van der Waals surface area (Å²) in [4.78, 5) is 27.8. The maximum atomic E-state index is 12.8. The summed E-state index contributed by atoms with van der Waals surface area (Å²) in [5, 5.41) is 7.38. The predicted octanol–water partition coefficient (Wildman–Crippen LogP) is 2.82. The number of nitrogens with one attached hydrogen (secondary N) is 3. The second kappa shape index (κ2) is 7.06. The van der Waals surface area contributed by atoms with E-state index in [1.807, 2.05) is 0 Å². The van der Waals surface area contributed by atoms with Crippen LogP contribution in [0.2, 0.25) is 0 Å². The lowest BCUT2D eigenvalue weighted by molar-refractivity contribution is -0.122. The molecule has 31 heavy (non-hydrogen) atoms. The molecule has 9 nitrogen and oxygen atoms in total. The van der Waals surface area contributed by atoms with Gasteiger partial charge in [-0.1, -0.05) is 0 Å². The molecule has 0 fully saturated rings. The number of ether oxygens (including phenoxy) is 1. The Kier molecular flexibility index (Phi) is 4.45. The highest BCUT2D eigenvalue weighted by Gasteiger charge is 2.25. The number of carbonyl (C=O) groups is 2. The molecule has 0 saturated heterocycles. The summed E-state index contributed by atoms with van der Waals surface area (Å²) >= 11 is 1.14. The molecule has 2 aliphatic heterocycles. The molecule has 2 aliphatic rings. The highest BCUT2D eigenvalue weighted by Crippen LogP contribution is 2.35. The molecule has 1 atom stereocenters. The molecule has 2 amide bonds. The van der Waals surface area contributed by atoms with E-state index in [4.69, 9.17) is 4.74 Å². The van der Waals surface area contributed by atoms with Crippen molar-refractivity contribution in [2.24, 2.45) is 0 Å². The van der Waals surface area contributed by atoms with Crippen molar-refractivity contribution in [2.45, 2.75) is 24.3 Å². The smallest absolute Gasteiger partial charge is 0.265 e. The fourth-order valence-corrected chi connectivity index (χ4v) is 5.39. The zero-order chi connectivity index (χ0) is 21.8. The van der Waals surface area contributed by atoms with Crippen molar-refractivity contribution < 1.29 is 22.7 Å². The quantitative estimate of drug-likeness (QED) is 0.554. The maximum absolute atomic E-state index is 12.8. The van der Waals surface area contributed by atoms with E-state index in [1.165, 1.54) is 12.1 Å². The van der Waals surface area contributed by atoms with Gasteiger partial charge in [-0.05, 0) is 48.9 Å². The minimum Gasteiger partial charge on any atom is -0.479 e. The van der Waals surface area contributed by atoms with Crippen LogP contribution in [0.5, 0.6) is 5.75 Å². The van der Waals surface area contributed by atoms with Crippen LogP contribution in [0.25, 0.3) is 11.3 Å². The summed E-state index contributed by atoms with van der Waals surface area (Å²) in [6, 6.07) is 9.76. The third-order valence-corrected chi connectivity index (χ3v) is 7.17. The number of rotatable bonds is 4. The molecule has 5 rings (SSSR count). The van der Waals surface area contributed by atoms with E-state index in [0.717, 1.165) is 11.3 Å². The Hall–Kier alpha value is -3.44. The van der Waals surface area contributed by atoms with E-state index < -0.39 is 16.1 Å². The van der Waals surface area contributed by atoms with Gasteiger partial charge in [0.2, 0.25) is 5.91 Å². The van der Waals surface area contributed by atoms with Gasteiger partial charge in [0.25, 0.3) is 15.9 Å². The normalized spacial score (nSPS) is 17.3. The molecule has 0 bridgehead atoms. The fraction of sp³-hybridized carbons (Fsp3) is 0.150. The molecule has 0 saturated carbocycles. The van der Waals surface area contributed by atoms with Crippen LogP contribution in [-0.4, -0.2) is 31.3 Å². The first-order chi connectivity index (χ1) is 14.8. The third kappa shape index (κ3) is 3.62. The van der Waals surface area contributed by atoms with Crippen molar-refractivity contribution in [1.29, 1.82) is 0 Å². The Morgan fingerprint density at radius 2 is 1.97 bits per heavy atom. The van der Waals surface area contributed by atoms with Crippen LogP contribution in [0.3, 0.4) is 0 Å². The summed E-state index contributed by atoms with van der Waals surface area (Å²) in [5.41, 5.74) is 3.07. The molecule has 3 aromatic rings. The van der Waals surface area contributed by atoms with Gasteiger partial charge >= 0.3 is 0 Å². The highest BCUT2D eigenvalue weighted by molar-refractivity contribution is 7.93. The molecule has 11 heteroatoms. The first-order valence-corrected chi connectivity index (χ1v) is 11.7. The molecule has 3 heterocycles. The minimum atomic E-state index is -3.87. The minimum absolute atomic E-state index is 0.0576. The summed E-state index contributed by atoms with van der Waals surface area (Å²) in [5.74, 6) is 0.169. The molecule has 1 unspecified atom stereocenters. The molecule has 0 aliphatic carbocycles. The summed E-state index contributed by atoms with van der Waals surface area (Å²) in [7, 11) is -3.87. The van der Waals surface area contributed by atoms with E-state index >= 15 is 0 Å². The van der Waals surface area contributed by atoms with Crippen LogP contribution in [0.1, 0.15) is 12.5 Å². The number of carbonyl (C=O) groups excluding carboxylic acids is 2. The zero-order valence-corrected chi connectivity index (χ0v) is 17.8. The number of sulfonamides is 1. The SMILES string of the molecule is CC1Oc2ccc(-c3csc(NS(=O)(=O)c4ccc5c(c4)CC(=O)N5)n3)cc2NC1=O. The van der Waals surface area contributed by atoms with Gasteiger partial charge in [-0.2, -0.15) is 0 Å². The van der Waals surface area contributed by atoms with Crippen molar-refractivity contribution in [1.82, 2.24) is 4.98 Å². The predicted molar refractivity (Wildman–Crippen MR) is 116 cm³/mol.